The van der Waals surface area contributed by atoms with Crippen molar-refractivity contribution in [3.63, 3.8) is 0 Å². The van der Waals surface area contributed by atoms with E-state index in [0.717, 1.165) is 0 Å². The summed E-state index contributed by atoms with van der Waals surface area (Å²) < 4.78 is 41.2. The van der Waals surface area contributed by atoms with Gasteiger partial charge in [0.25, 0.3) is 0 Å². The monoisotopic (exact) mass is 398 g/mol. The van der Waals surface area contributed by atoms with Gasteiger partial charge in [0.1, 0.15) is 5.92 Å². The summed E-state index contributed by atoms with van der Waals surface area (Å²) in [7, 11) is 0. The van der Waals surface area contributed by atoms with Gasteiger partial charge in [-0.3, -0.25) is 4.79 Å². The molecule has 1 aliphatic heterocycles. The van der Waals surface area contributed by atoms with Gasteiger partial charge in [-0.2, -0.15) is 13.2 Å². The first-order chi connectivity index (χ1) is 12.6. The molecule has 2 amide bonds. The van der Waals surface area contributed by atoms with Crippen molar-refractivity contribution in [3.05, 3.63) is 70.7 Å². The molecular formula is C18H14ClF3N2O3. The van der Waals surface area contributed by atoms with Gasteiger partial charge in [0.05, 0.1) is 6.04 Å². The Labute approximate surface area is 157 Å². The van der Waals surface area contributed by atoms with E-state index in [2.05, 4.69) is 5.32 Å². The van der Waals surface area contributed by atoms with Crippen molar-refractivity contribution in [1.82, 2.24) is 10.6 Å². The molecule has 0 radical (unpaired) electrons. The Balaban J connectivity index is 2.17. The van der Waals surface area contributed by atoms with E-state index in [1.165, 1.54) is 53.8 Å². The first-order valence-corrected chi connectivity index (χ1v) is 8.24. The minimum absolute atomic E-state index is 0.0323. The number of amides is 2. The van der Waals surface area contributed by atoms with Gasteiger partial charge in [-0.05, 0) is 17.7 Å². The summed E-state index contributed by atoms with van der Waals surface area (Å²) in [5, 5.41) is 14.4. The van der Waals surface area contributed by atoms with E-state index in [1.807, 2.05) is 0 Å². The first kappa shape index (κ1) is 19.2. The van der Waals surface area contributed by atoms with Crippen LogP contribution < -0.4 is 10.6 Å². The molecule has 1 heterocycles. The summed E-state index contributed by atoms with van der Waals surface area (Å²) in [6, 6.07) is 10.3. The second-order valence-corrected chi connectivity index (χ2v) is 6.54. The number of carbonyl (C=O) groups is 2. The van der Waals surface area contributed by atoms with Crippen LogP contribution in [0.1, 0.15) is 22.0 Å². The number of carbonyl (C=O) groups excluding carboxylic acids is 2. The summed E-state index contributed by atoms with van der Waals surface area (Å²) >= 11 is 5.91. The average Bonchev–Trinajstić information content (AvgIpc) is 2.60. The van der Waals surface area contributed by atoms with Crippen LogP contribution in [0.2, 0.25) is 5.02 Å². The smallest absolute Gasteiger partial charge is 0.363 e. The minimum atomic E-state index is -5.29. The third-order valence-corrected chi connectivity index (χ3v) is 4.59. The topological polar surface area (TPSA) is 78.4 Å². The number of halogens is 4. The van der Waals surface area contributed by atoms with Gasteiger partial charge >= 0.3 is 12.2 Å². The lowest BCUT2D eigenvalue weighted by Crippen LogP contribution is -2.72. The molecule has 5 nitrogen and oxygen atoms in total. The predicted octanol–water partition coefficient (Wildman–Crippen LogP) is 3.44. The van der Waals surface area contributed by atoms with Crippen molar-refractivity contribution in [3.8, 4) is 0 Å². The van der Waals surface area contributed by atoms with Crippen LogP contribution in [-0.2, 0) is 0 Å². The molecule has 3 rings (SSSR count). The highest BCUT2D eigenvalue weighted by Gasteiger charge is 2.66. The Bertz CT molecular complexity index is 876. The summed E-state index contributed by atoms with van der Waals surface area (Å²) in [5.41, 5.74) is -3.63. The van der Waals surface area contributed by atoms with Gasteiger partial charge in [-0.25, -0.2) is 4.79 Å². The van der Waals surface area contributed by atoms with E-state index in [9.17, 15) is 27.9 Å². The van der Waals surface area contributed by atoms with Crippen molar-refractivity contribution in [2.75, 3.05) is 0 Å². The van der Waals surface area contributed by atoms with Crippen LogP contribution >= 0.6 is 11.6 Å². The van der Waals surface area contributed by atoms with Crippen LogP contribution in [-0.4, -0.2) is 28.8 Å². The summed E-state index contributed by atoms with van der Waals surface area (Å²) in [6.07, 6.45) is -5.29. The molecule has 0 unspecified atom stereocenters. The molecule has 0 bridgehead atoms. The molecule has 142 valence electrons. The molecule has 0 aromatic heterocycles. The molecule has 0 spiro atoms. The molecule has 1 fully saturated rings. The fourth-order valence-electron chi connectivity index (χ4n) is 3.10. The number of Topliss-reactive ketones (excluding diaryl/α,β-unsaturated/α-hetero) is 1. The molecule has 2 aromatic rings. The third-order valence-electron chi connectivity index (χ3n) is 4.35. The van der Waals surface area contributed by atoms with Crippen molar-refractivity contribution in [1.29, 1.82) is 0 Å². The maximum Gasteiger partial charge on any atom is 0.437 e. The van der Waals surface area contributed by atoms with Crippen molar-refractivity contribution >= 4 is 23.4 Å². The number of hydrogen-bond acceptors (Lipinski definition) is 3. The van der Waals surface area contributed by atoms with Crippen molar-refractivity contribution in [2.45, 2.75) is 17.9 Å². The lowest BCUT2D eigenvalue weighted by molar-refractivity contribution is -0.287. The average molecular weight is 399 g/mol. The quantitative estimate of drug-likeness (QED) is 0.693. The lowest BCUT2D eigenvalue weighted by atomic mass is 9.77. The van der Waals surface area contributed by atoms with E-state index >= 15 is 0 Å². The molecule has 1 aliphatic rings. The fourth-order valence-corrected chi connectivity index (χ4v) is 3.30. The number of aliphatic hydroxyl groups is 1. The lowest BCUT2D eigenvalue weighted by Gasteiger charge is -2.45. The number of rotatable bonds is 3. The Morgan fingerprint density at radius 3 is 2.37 bits per heavy atom. The highest BCUT2D eigenvalue weighted by atomic mass is 35.5. The zero-order chi connectivity index (χ0) is 19.8. The second-order valence-electron chi connectivity index (χ2n) is 6.10. The van der Waals surface area contributed by atoms with Crippen LogP contribution in [0.25, 0.3) is 0 Å². The van der Waals surface area contributed by atoms with Gasteiger partial charge < -0.3 is 15.7 Å². The highest BCUT2D eigenvalue weighted by Crippen LogP contribution is 2.44. The number of ketones is 1. The summed E-state index contributed by atoms with van der Waals surface area (Å²) in [6.45, 7) is 0. The molecular weight excluding hydrogens is 385 g/mol. The third kappa shape index (κ3) is 3.50. The SMILES string of the molecule is O=C1N[C@@H](c2cccc(Cl)c2)[C@@H](C(=O)c2ccccc2)[C@@](O)(C(F)(F)F)N1. The maximum atomic E-state index is 13.7. The van der Waals surface area contributed by atoms with E-state index in [4.69, 9.17) is 11.6 Å². The van der Waals surface area contributed by atoms with Gasteiger partial charge in [0, 0.05) is 10.6 Å². The summed E-state index contributed by atoms with van der Waals surface area (Å²) in [4.78, 5) is 24.8. The second kappa shape index (κ2) is 6.86. The van der Waals surface area contributed by atoms with E-state index < -0.39 is 35.7 Å². The van der Waals surface area contributed by atoms with Crippen molar-refractivity contribution < 1.29 is 27.9 Å². The van der Waals surface area contributed by atoms with Gasteiger partial charge in [-0.1, -0.05) is 54.1 Å². The van der Waals surface area contributed by atoms with Crippen LogP contribution in [0.4, 0.5) is 18.0 Å². The number of alkyl halides is 3. The zero-order valence-electron chi connectivity index (χ0n) is 13.6. The molecule has 27 heavy (non-hydrogen) atoms. The maximum absolute atomic E-state index is 13.7. The molecule has 9 heteroatoms. The Morgan fingerprint density at radius 2 is 1.78 bits per heavy atom. The molecule has 2 aromatic carbocycles. The molecule has 0 aliphatic carbocycles. The number of hydrogen-bond donors (Lipinski definition) is 3. The first-order valence-electron chi connectivity index (χ1n) is 7.86. The number of benzene rings is 2. The Hall–Kier alpha value is -2.58. The largest absolute Gasteiger partial charge is 0.437 e. The van der Waals surface area contributed by atoms with Crippen LogP contribution in [0.5, 0.6) is 0 Å². The van der Waals surface area contributed by atoms with E-state index in [-0.39, 0.29) is 16.1 Å². The normalized spacial score (nSPS) is 25.4. The number of nitrogens with one attached hydrogen (secondary N) is 2. The molecule has 3 atom stereocenters. The van der Waals surface area contributed by atoms with Gasteiger partial charge in [0.2, 0.25) is 5.72 Å². The van der Waals surface area contributed by atoms with Gasteiger partial charge in [-0.15, -0.1) is 0 Å². The van der Waals surface area contributed by atoms with Crippen molar-refractivity contribution in [2.24, 2.45) is 5.92 Å². The summed E-state index contributed by atoms with van der Waals surface area (Å²) in [5.74, 6) is -3.05. The highest BCUT2D eigenvalue weighted by molar-refractivity contribution is 6.30. The van der Waals surface area contributed by atoms with E-state index in [1.54, 1.807) is 6.07 Å². The fraction of sp³-hybridized carbons (Fsp3) is 0.222. The van der Waals surface area contributed by atoms with Crippen LogP contribution in [0.15, 0.2) is 54.6 Å². The predicted molar refractivity (Wildman–Crippen MR) is 91.1 cm³/mol. The number of urea groups is 1. The standard InChI is InChI=1S/C18H14ClF3N2O3/c19-12-8-4-7-11(9-12)14-13(15(25)10-5-2-1-3-6-10)17(27,18(20,21)22)24-16(26)23-14/h1-9,13-14,27H,(H2,23,24,26)/t13-,14-,17+/m0/s1. The molecule has 3 N–H and O–H groups in total. The minimum Gasteiger partial charge on any atom is -0.363 e. The van der Waals surface area contributed by atoms with Gasteiger partial charge in [0.15, 0.2) is 5.78 Å². The van der Waals surface area contributed by atoms with E-state index in [0.29, 0.717) is 0 Å². The Kier molecular flexibility index (Phi) is 4.88. The van der Waals surface area contributed by atoms with Crippen LogP contribution in [0, 0.1) is 5.92 Å². The molecule has 0 saturated carbocycles. The Morgan fingerprint density at radius 1 is 1.11 bits per heavy atom. The van der Waals surface area contributed by atoms with Crippen LogP contribution in [0.3, 0.4) is 0 Å². The molecule has 1 saturated heterocycles. The zero-order valence-corrected chi connectivity index (χ0v) is 14.4.